The van der Waals surface area contributed by atoms with E-state index in [2.05, 4.69) is 16.9 Å². The van der Waals surface area contributed by atoms with Gasteiger partial charge in [0.05, 0.1) is 23.2 Å². The molecular weight excluding hydrogens is 286 g/mol. The van der Waals surface area contributed by atoms with Gasteiger partial charge in [-0.3, -0.25) is 0 Å². The van der Waals surface area contributed by atoms with E-state index in [4.69, 9.17) is 22.1 Å². The molecule has 0 aliphatic heterocycles. The van der Waals surface area contributed by atoms with Gasteiger partial charge in [0.1, 0.15) is 11.6 Å². The molecule has 0 saturated carbocycles. The van der Waals surface area contributed by atoms with Crippen LogP contribution < -0.4 is 10.5 Å². The summed E-state index contributed by atoms with van der Waals surface area (Å²) < 4.78 is 5.77. The maximum atomic E-state index is 6.11. The molecular formula is C16H16ClN3O. The summed E-state index contributed by atoms with van der Waals surface area (Å²) >= 11 is 6.11. The van der Waals surface area contributed by atoms with E-state index >= 15 is 0 Å². The number of halogens is 1. The molecule has 3 rings (SSSR count). The van der Waals surface area contributed by atoms with Gasteiger partial charge in [0.25, 0.3) is 0 Å². The normalized spacial score (nSPS) is 11.0. The summed E-state index contributed by atoms with van der Waals surface area (Å²) in [4.78, 5) is 7.85. The number of anilines is 1. The van der Waals surface area contributed by atoms with Gasteiger partial charge in [0.15, 0.2) is 0 Å². The summed E-state index contributed by atoms with van der Waals surface area (Å²) in [7, 11) is 0. The van der Waals surface area contributed by atoms with Crippen LogP contribution in [-0.2, 0) is 0 Å². The Labute approximate surface area is 127 Å². The molecule has 4 nitrogen and oxygen atoms in total. The van der Waals surface area contributed by atoms with Crippen LogP contribution in [0.3, 0.4) is 0 Å². The van der Waals surface area contributed by atoms with E-state index in [1.54, 1.807) is 0 Å². The lowest BCUT2D eigenvalue weighted by molar-refractivity contribution is 0.318. The third kappa shape index (κ3) is 2.81. The van der Waals surface area contributed by atoms with Crippen LogP contribution in [0.1, 0.15) is 13.3 Å². The van der Waals surface area contributed by atoms with Crippen molar-refractivity contribution in [3.63, 3.8) is 0 Å². The van der Waals surface area contributed by atoms with Gasteiger partial charge in [-0.2, -0.15) is 0 Å². The summed E-state index contributed by atoms with van der Waals surface area (Å²) in [6.45, 7) is 2.72. The third-order valence-electron chi connectivity index (χ3n) is 3.16. The van der Waals surface area contributed by atoms with Crippen molar-refractivity contribution in [2.75, 3.05) is 12.3 Å². The highest BCUT2D eigenvalue weighted by Gasteiger charge is 2.12. The molecule has 0 amide bonds. The molecule has 0 unspecified atom stereocenters. The first-order valence-corrected chi connectivity index (χ1v) is 7.23. The molecule has 0 fully saturated rings. The lowest BCUT2D eigenvalue weighted by Crippen LogP contribution is -1.97. The first kappa shape index (κ1) is 13.8. The second-order valence-corrected chi connectivity index (χ2v) is 5.29. The van der Waals surface area contributed by atoms with E-state index in [0.717, 1.165) is 34.6 Å². The summed E-state index contributed by atoms with van der Waals surface area (Å²) in [6.07, 6.45) is 0.943. The van der Waals surface area contributed by atoms with Crippen molar-refractivity contribution in [2.24, 2.45) is 0 Å². The van der Waals surface area contributed by atoms with Crippen molar-refractivity contribution in [1.82, 2.24) is 9.97 Å². The van der Waals surface area contributed by atoms with Crippen molar-refractivity contribution < 1.29 is 4.74 Å². The second kappa shape index (κ2) is 5.66. The Morgan fingerprint density at radius 3 is 2.90 bits per heavy atom. The van der Waals surface area contributed by atoms with Crippen LogP contribution in [0.5, 0.6) is 5.75 Å². The molecule has 5 heteroatoms. The summed E-state index contributed by atoms with van der Waals surface area (Å²) in [5.74, 6) is 1.50. The number of ether oxygens (including phenoxy) is 1. The lowest BCUT2D eigenvalue weighted by Gasteiger charge is -2.09. The number of imidazole rings is 1. The second-order valence-electron chi connectivity index (χ2n) is 4.85. The lowest BCUT2D eigenvalue weighted by atomic mass is 10.2. The molecule has 0 atom stereocenters. The Kier molecular flexibility index (Phi) is 3.71. The van der Waals surface area contributed by atoms with Gasteiger partial charge in [-0.05, 0) is 42.8 Å². The predicted molar refractivity (Wildman–Crippen MR) is 86.7 cm³/mol. The Morgan fingerprint density at radius 1 is 1.24 bits per heavy atom. The van der Waals surface area contributed by atoms with Crippen molar-refractivity contribution in [2.45, 2.75) is 13.3 Å². The van der Waals surface area contributed by atoms with Crippen molar-refractivity contribution in [1.29, 1.82) is 0 Å². The maximum Gasteiger partial charge on any atom is 0.142 e. The minimum absolute atomic E-state index is 0.647. The van der Waals surface area contributed by atoms with E-state index in [9.17, 15) is 0 Å². The molecule has 21 heavy (non-hydrogen) atoms. The number of rotatable bonds is 4. The molecule has 0 saturated heterocycles. The largest absolute Gasteiger partial charge is 0.493 e. The molecule has 0 aliphatic carbocycles. The summed E-state index contributed by atoms with van der Waals surface area (Å²) in [5.41, 5.74) is 9.11. The number of aromatic amines is 1. The fourth-order valence-corrected chi connectivity index (χ4v) is 2.35. The van der Waals surface area contributed by atoms with Crippen molar-refractivity contribution >= 4 is 28.3 Å². The Balaban J connectivity index is 2.10. The average molecular weight is 302 g/mol. The fraction of sp³-hybridized carbons (Fsp3) is 0.188. The zero-order chi connectivity index (χ0) is 14.8. The Morgan fingerprint density at radius 2 is 2.10 bits per heavy atom. The minimum Gasteiger partial charge on any atom is -0.493 e. The SMILES string of the molecule is CCCOc1ccc(Cl)cc1-c1nc2ccc(N)cc2[nH]1. The number of hydrogen-bond donors (Lipinski definition) is 2. The molecule has 3 aromatic rings. The highest BCUT2D eigenvalue weighted by atomic mass is 35.5. The number of nitrogens with zero attached hydrogens (tertiary/aromatic N) is 1. The highest BCUT2D eigenvalue weighted by Crippen LogP contribution is 2.32. The first-order valence-electron chi connectivity index (χ1n) is 6.85. The summed E-state index contributed by atoms with van der Waals surface area (Å²) in [6, 6.07) is 11.1. The molecule has 3 N–H and O–H groups in total. The molecule has 1 aromatic heterocycles. The topological polar surface area (TPSA) is 63.9 Å². The quantitative estimate of drug-likeness (QED) is 0.708. The third-order valence-corrected chi connectivity index (χ3v) is 3.40. The van der Waals surface area contributed by atoms with Gasteiger partial charge < -0.3 is 15.5 Å². The molecule has 0 radical (unpaired) electrons. The number of benzene rings is 2. The Bertz CT molecular complexity index is 782. The van der Waals surface area contributed by atoms with Gasteiger partial charge in [-0.1, -0.05) is 18.5 Å². The van der Waals surface area contributed by atoms with Gasteiger partial charge in [0.2, 0.25) is 0 Å². The van der Waals surface area contributed by atoms with Crippen molar-refractivity contribution in [3.8, 4) is 17.1 Å². The van der Waals surface area contributed by atoms with E-state index in [1.165, 1.54) is 0 Å². The Hall–Kier alpha value is -2.20. The minimum atomic E-state index is 0.647. The van der Waals surface area contributed by atoms with Crippen molar-refractivity contribution in [3.05, 3.63) is 41.4 Å². The number of H-pyrrole nitrogens is 1. The maximum absolute atomic E-state index is 6.11. The molecule has 0 aliphatic rings. The van der Waals surface area contributed by atoms with E-state index < -0.39 is 0 Å². The number of hydrogen-bond acceptors (Lipinski definition) is 3. The van der Waals surface area contributed by atoms with E-state index in [0.29, 0.717) is 17.3 Å². The highest BCUT2D eigenvalue weighted by molar-refractivity contribution is 6.30. The standard InChI is InChI=1S/C16H16ClN3O/c1-2-7-21-15-6-3-10(17)8-12(15)16-19-13-5-4-11(18)9-14(13)20-16/h3-6,8-9H,2,7,18H2,1H3,(H,19,20). The van der Waals surface area contributed by atoms with Gasteiger partial charge in [-0.15, -0.1) is 0 Å². The van der Waals surface area contributed by atoms with Crippen LogP contribution in [0.15, 0.2) is 36.4 Å². The molecule has 108 valence electrons. The molecule has 1 heterocycles. The summed E-state index contributed by atoms with van der Waals surface area (Å²) in [5, 5.41) is 0.647. The van der Waals surface area contributed by atoms with Crippen LogP contribution in [0.4, 0.5) is 5.69 Å². The predicted octanol–water partition coefficient (Wildman–Crippen LogP) is 4.25. The average Bonchev–Trinajstić information content (AvgIpc) is 2.88. The van der Waals surface area contributed by atoms with E-state index in [1.807, 2.05) is 36.4 Å². The van der Waals surface area contributed by atoms with Crippen LogP contribution in [-0.4, -0.2) is 16.6 Å². The zero-order valence-electron chi connectivity index (χ0n) is 11.7. The van der Waals surface area contributed by atoms with Crippen LogP contribution in [0.25, 0.3) is 22.4 Å². The molecule has 2 aromatic carbocycles. The van der Waals surface area contributed by atoms with Gasteiger partial charge in [-0.25, -0.2) is 4.98 Å². The van der Waals surface area contributed by atoms with Crippen LogP contribution in [0, 0.1) is 0 Å². The van der Waals surface area contributed by atoms with E-state index in [-0.39, 0.29) is 0 Å². The smallest absolute Gasteiger partial charge is 0.142 e. The number of nitrogens with two attached hydrogens (primary N) is 1. The van der Waals surface area contributed by atoms with Crippen LogP contribution >= 0.6 is 11.6 Å². The molecule has 0 bridgehead atoms. The van der Waals surface area contributed by atoms with Gasteiger partial charge in [0, 0.05) is 10.7 Å². The number of fused-ring (bicyclic) bond motifs is 1. The monoisotopic (exact) mass is 301 g/mol. The zero-order valence-corrected chi connectivity index (χ0v) is 12.4. The van der Waals surface area contributed by atoms with Crippen LogP contribution in [0.2, 0.25) is 5.02 Å². The number of nitrogens with one attached hydrogen (secondary N) is 1. The number of nitrogen functional groups attached to an aromatic ring is 1. The molecule has 0 spiro atoms. The fourth-order valence-electron chi connectivity index (χ4n) is 2.18. The first-order chi connectivity index (χ1) is 10.2. The van der Waals surface area contributed by atoms with Gasteiger partial charge >= 0.3 is 0 Å². The number of aromatic nitrogens is 2.